The second-order valence-corrected chi connectivity index (χ2v) is 7.13. The average molecular weight is 394 g/mol. The van der Waals surface area contributed by atoms with Crippen LogP contribution in [0, 0.1) is 0 Å². The van der Waals surface area contributed by atoms with Crippen molar-refractivity contribution in [3.63, 3.8) is 0 Å². The molecule has 0 bridgehead atoms. The van der Waals surface area contributed by atoms with Gasteiger partial charge in [0.05, 0.1) is 5.02 Å². The van der Waals surface area contributed by atoms with Crippen LogP contribution in [0.3, 0.4) is 0 Å². The molecule has 21 heavy (non-hydrogen) atoms. The molecule has 0 radical (unpaired) electrons. The summed E-state index contributed by atoms with van der Waals surface area (Å²) < 4.78 is 28.6. The predicted octanol–water partition coefficient (Wildman–Crippen LogP) is 1.58. The summed E-state index contributed by atoms with van der Waals surface area (Å²) in [5.74, 6) is -0.210. The molecule has 0 saturated carbocycles. The monoisotopic (exact) mass is 392 g/mol. The number of aromatic nitrogens is 2. The van der Waals surface area contributed by atoms with Gasteiger partial charge in [-0.1, -0.05) is 11.6 Å². The summed E-state index contributed by atoms with van der Waals surface area (Å²) in [6.07, 6.45) is 2.74. The Morgan fingerprint density at radius 1 is 1.43 bits per heavy atom. The van der Waals surface area contributed by atoms with E-state index in [-0.39, 0.29) is 21.4 Å². The van der Waals surface area contributed by atoms with E-state index < -0.39 is 15.6 Å². The van der Waals surface area contributed by atoms with Gasteiger partial charge in [0.2, 0.25) is 0 Å². The molecule has 0 atom stereocenters. The summed E-state index contributed by atoms with van der Waals surface area (Å²) in [7, 11) is -2.58. The van der Waals surface area contributed by atoms with Crippen LogP contribution in [0.25, 0.3) is 0 Å². The van der Waals surface area contributed by atoms with Gasteiger partial charge in [-0.2, -0.15) is 0 Å². The van der Waals surface area contributed by atoms with Crippen LogP contribution < -0.4 is 16.0 Å². The first-order chi connectivity index (χ1) is 9.70. The van der Waals surface area contributed by atoms with Crippen molar-refractivity contribution in [3.8, 4) is 0 Å². The number of rotatable bonds is 3. The third kappa shape index (κ3) is 3.36. The van der Waals surface area contributed by atoms with Crippen LogP contribution in [-0.4, -0.2) is 18.0 Å². The molecule has 0 aliphatic heterocycles. The topological polar surface area (TPSA) is 107 Å². The molecule has 0 unspecified atom stereocenters. The summed E-state index contributed by atoms with van der Waals surface area (Å²) in [4.78, 5) is 15.3. The Bertz CT molecular complexity index is 866. The average Bonchev–Trinajstić information content (AvgIpc) is 2.37. The normalized spacial score (nSPS) is 11.4. The number of nitrogens with zero attached hydrogens (tertiary/aromatic N) is 2. The number of hydrogen-bond acceptors (Lipinski definition) is 5. The second kappa shape index (κ2) is 5.66. The number of anilines is 2. The predicted molar refractivity (Wildman–Crippen MR) is 83.9 cm³/mol. The number of nitrogens with two attached hydrogens (primary N) is 1. The SMILES string of the molecule is Cn1cc(Br)cc(NS(=O)(=O)c2cc(Cl)cnc2N)c1=O. The summed E-state index contributed by atoms with van der Waals surface area (Å²) in [5.41, 5.74) is 4.92. The lowest BCUT2D eigenvalue weighted by Crippen LogP contribution is -2.24. The van der Waals surface area contributed by atoms with Crippen molar-refractivity contribution in [2.24, 2.45) is 7.05 Å². The van der Waals surface area contributed by atoms with Crippen LogP contribution in [0.1, 0.15) is 0 Å². The minimum Gasteiger partial charge on any atom is -0.383 e. The molecule has 0 saturated heterocycles. The highest BCUT2D eigenvalue weighted by atomic mass is 79.9. The van der Waals surface area contributed by atoms with Crippen LogP contribution >= 0.6 is 27.5 Å². The van der Waals surface area contributed by atoms with Crippen LogP contribution in [0.2, 0.25) is 5.02 Å². The van der Waals surface area contributed by atoms with Crippen molar-refractivity contribution in [2.45, 2.75) is 4.90 Å². The summed E-state index contributed by atoms with van der Waals surface area (Å²) in [6.45, 7) is 0. The summed E-state index contributed by atoms with van der Waals surface area (Å²) >= 11 is 8.91. The third-order valence-corrected chi connectivity index (χ3v) is 4.57. The molecule has 3 N–H and O–H groups in total. The molecule has 0 amide bonds. The van der Waals surface area contributed by atoms with E-state index in [1.165, 1.54) is 30.1 Å². The maximum Gasteiger partial charge on any atom is 0.274 e. The van der Waals surface area contributed by atoms with Crippen molar-refractivity contribution in [1.82, 2.24) is 9.55 Å². The Balaban J connectivity index is 2.52. The maximum absolute atomic E-state index is 12.3. The molecule has 10 heteroatoms. The summed E-state index contributed by atoms with van der Waals surface area (Å²) in [6, 6.07) is 2.52. The van der Waals surface area contributed by atoms with Gasteiger partial charge in [0, 0.05) is 23.9 Å². The van der Waals surface area contributed by atoms with Crippen LogP contribution in [0.15, 0.2) is 38.7 Å². The largest absolute Gasteiger partial charge is 0.383 e. The van der Waals surface area contributed by atoms with Crippen molar-refractivity contribution < 1.29 is 8.42 Å². The first-order valence-electron chi connectivity index (χ1n) is 5.51. The highest BCUT2D eigenvalue weighted by molar-refractivity contribution is 9.10. The standard InChI is InChI=1S/C11H10BrClN4O3S/c1-17-5-6(12)2-8(11(17)18)16-21(19,20)9-3-7(13)4-15-10(9)14/h2-5,16H,1H3,(H2,14,15). The van der Waals surface area contributed by atoms with Gasteiger partial charge in [-0.25, -0.2) is 13.4 Å². The first-order valence-corrected chi connectivity index (χ1v) is 8.16. The third-order valence-electron chi connectivity index (χ3n) is 2.53. The van der Waals surface area contributed by atoms with Crippen molar-refractivity contribution >= 4 is 49.1 Å². The zero-order valence-corrected chi connectivity index (χ0v) is 13.8. The fourth-order valence-corrected chi connectivity index (χ4v) is 3.50. The quantitative estimate of drug-likeness (QED) is 0.823. The van der Waals surface area contributed by atoms with Crippen LogP contribution in [0.4, 0.5) is 11.5 Å². The molecule has 0 fully saturated rings. The molecule has 2 rings (SSSR count). The van der Waals surface area contributed by atoms with Gasteiger partial charge in [0.25, 0.3) is 15.6 Å². The van der Waals surface area contributed by atoms with E-state index in [0.29, 0.717) is 4.47 Å². The molecule has 7 nitrogen and oxygen atoms in total. The van der Waals surface area contributed by atoms with Crippen molar-refractivity contribution in [1.29, 1.82) is 0 Å². The van der Waals surface area contributed by atoms with E-state index in [9.17, 15) is 13.2 Å². The molecule has 0 aromatic carbocycles. The smallest absolute Gasteiger partial charge is 0.274 e. The highest BCUT2D eigenvalue weighted by Gasteiger charge is 2.21. The molecule has 0 aliphatic carbocycles. The Hall–Kier alpha value is -1.58. The Morgan fingerprint density at radius 3 is 2.76 bits per heavy atom. The number of halogens is 2. The number of pyridine rings is 2. The van der Waals surface area contributed by atoms with E-state index in [1.54, 1.807) is 0 Å². The minimum atomic E-state index is -4.08. The van der Waals surface area contributed by atoms with Gasteiger partial charge in [-0.05, 0) is 28.1 Å². The summed E-state index contributed by atoms with van der Waals surface area (Å²) in [5, 5.41) is 0.117. The van der Waals surface area contributed by atoms with Gasteiger partial charge in [-0.3, -0.25) is 9.52 Å². The van der Waals surface area contributed by atoms with E-state index in [4.69, 9.17) is 17.3 Å². The fourth-order valence-electron chi connectivity index (χ4n) is 1.59. The Labute approximate surface area is 133 Å². The van der Waals surface area contributed by atoms with E-state index in [2.05, 4.69) is 25.6 Å². The minimum absolute atomic E-state index is 0.117. The first kappa shape index (κ1) is 15.8. The van der Waals surface area contributed by atoms with E-state index in [1.807, 2.05) is 0 Å². The number of aryl methyl sites for hydroxylation is 1. The lowest BCUT2D eigenvalue weighted by atomic mass is 10.4. The van der Waals surface area contributed by atoms with Crippen LogP contribution in [-0.2, 0) is 17.1 Å². The molecule has 0 spiro atoms. The van der Waals surface area contributed by atoms with Gasteiger partial charge in [-0.15, -0.1) is 0 Å². The zero-order valence-electron chi connectivity index (χ0n) is 10.7. The number of nitrogen functional groups attached to an aromatic ring is 1. The molecule has 2 aromatic rings. The number of sulfonamides is 1. The fraction of sp³-hybridized carbons (Fsp3) is 0.0909. The number of nitrogens with one attached hydrogen (secondary N) is 1. The van der Waals surface area contributed by atoms with Gasteiger partial charge < -0.3 is 10.3 Å². The van der Waals surface area contributed by atoms with Crippen LogP contribution in [0.5, 0.6) is 0 Å². The zero-order chi connectivity index (χ0) is 15.8. The van der Waals surface area contributed by atoms with Gasteiger partial charge in [0.15, 0.2) is 0 Å². The lowest BCUT2D eigenvalue weighted by Gasteiger charge is -2.10. The van der Waals surface area contributed by atoms with E-state index >= 15 is 0 Å². The van der Waals surface area contributed by atoms with Crippen molar-refractivity contribution in [2.75, 3.05) is 10.5 Å². The lowest BCUT2D eigenvalue weighted by molar-refractivity contribution is 0.601. The van der Waals surface area contributed by atoms with Crippen molar-refractivity contribution in [3.05, 3.63) is 44.4 Å². The second-order valence-electron chi connectivity index (χ2n) is 4.13. The molecule has 2 aromatic heterocycles. The van der Waals surface area contributed by atoms with E-state index in [0.717, 1.165) is 6.07 Å². The van der Waals surface area contributed by atoms with Gasteiger partial charge >= 0.3 is 0 Å². The maximum atomic E-state index is 12.3. The molecule has 112 valence electrons. The molecular formula is C11H10BrClN4O3S. The van der Waals surface area contributed by atoms with Gasteiger partial charge in [0.1, 0.15) is 16.4 Å². The highest BCUT2D eigenvalue weighted by Crippen LogP contribution is 2.22. The molecule has 0 aliphatic rings. The Kier molecular flexibility index (Phi) is 4.26. The molecular weight excluding hydrogens is 384 g/mol. The number of hydrogen-bond donors (Lipinski definition) is 2. The Morgan fingerprint density at radius 2 is 2.10 bits per heavy atom. The molecule has 2 heterocycles.